The zero-order chi connectivity index (χ0) is 15.8. The Morgan fingerprint density at radius 1 is 1.50 bits per heavy atom. The van der Waals surface area contributed by atoms with Crippen molar-refractivity contribution in [3.05, 3.63) is 34.6 Å². The van der Waals surface area contributed by atoms with Gasteiger partial charge in [-0.15, -0.1) is 12.4 Å². The van der Waals surface area contributed by atoms with Crippen LogP contribution < -0.4 is 10.5 Å². The van der Waals surface area contributed by atoms with E-state index in [0.29, 0.717) is 5.56 Å². The molecule has 1 saturated heterocycles. The van der Waals surface area contributed by atoms with Gasteiger partial charge in [0, 0.05) is 18.5 Å². The lowest BCUT2D eigenvalue weighted by Crippen LogP contribution is -2.42. The van der Waals surface area contributed by atoms with E-state index in [1.165, 1.54) is 13.0 Å². The molecule has 9 heteroatoms. The molecule has 0 spiro atoms. The number of primary sulfonamides is 1. The van der Waals surface area contributed by atoms with Gasteiger partial charge in [0.2, 0.25) is 10.0 Å². The number of hydrogen-bond donors (Lipinski definition) is 2. The maximum atomic E-state index is 14.0. The van der Waals surface area contributed by atoms with Crippen molar-refractivity contribution in [3.8, 4) is 0 Å². The van der Waals surface area contributed by atoms with Crippen LogP contribution in [0.5, 0.6) is 0 Å². The number of rotatable bonds is 4. The van der Waals surface area contributed by atoms with Gasteiger partial charge in [-0.25, -0.2) is 22.3 Å². The topological polar surface area (TPSA) is 72.2 Å². The van der Waals surface area contributed by atoms with Crippen LogP contribution in [0.15, 0.2) is 18.2 Å². The normalized spacial score (nSPS) is 26.5. The summed E-state index contributed by atoms with van der Waals surface area (Å²) in [6.07, 6.45) is -1.19. The average Bonchev–Trinajstić information content (AvgIpc) is 2.74. The lowest BCUT2D eigenvalue weighted by molar-refractivity contribution is 0.255. The molecule has 1 unspecified atom stereocenters. The van der Waals surface area contributed by atoms with Gasteiger partial charge < -0.3 is 5.32 Å². The van der Waals surface area contributed by atoms with Crippen molar-refractivity contribution in [3.63, 3.8) is 0 Å². The molecule has 126 valence electrons. The average molecular weight is 375 g/mol. The van der Waals surface area contributed by atoms with E-state index in [-0.39, 0.29) is 30.4 Å². The van der Waals surface area contributed by atoms with Crippen LogP contribution in [0.25, 0.3) is 0 Å². The molecule has 1 fully saturated rings. The second-order valence-corrected chi connectivity index (χ2v) is 7.65. The summed E-state index contributed by atoms with van der Waals surface area (Å²) in [5.74, 6) is -1.39. The Morgan fingerprint density at radius 3 is 2.73 bits per heavy atom. The van der Waals surface area contributed by atoms with Crippen LogP contribution in [0.3, 0.4) is 0 Å². The summed E-state index contributed by atoms with van der Waals surface area (Å²) in [6.45, 7) is 1.40. The molecule has 4 atom stereocenters. The Hall–Kier alpha value is -0.470. The van der Waals surface area contributed by atoms with Gasteiger partial charge in [0.05, 0.1) is 10.3 Å². The number of nitrogens with two attached hydrogens (primary N) is 1. The van der Waals surface area contributed by atoms with E-state index in [0.717, 1.165) is 0 Å². The van der Waals surface area contributed by atoms with E-state index >= 15 is 0 Å². The molecule has 1 aromatic rings. The Balaban J connectivity index is 0.00000242. The molecule has 1 aliphatic rings. The highest BCUT2D eigenvalue weighted by Crippen LogP contribution is 2.29. The van der Waals surface area contributed by atoms with Crippen LogP contribution in [-0.4, -0.2) is 32.4 Å². The van der Waals surface area contributed by atoms with Crippen LogP contribution in [-0.2, 0) is 16.4 Å². The maximum Gasteiger partial charge on any atom is 0.212 e. The van der Waals surface area contributed by atoms with Crippen LogP contribution in [0.2, 0.25) is 5.02 Å². The fraction of sp³-hybridized carbons (Fsp3) is 0.538. The van der Waals surface area contributed by atoms with E-state index in [4.69, 9.17) is 16.7 Å². The summed E-state index contributed by atoms with van der Waals surface area (Å²) in [4.78, 5) is 0. The molecule has 1 aliphatic heterocycles. The van der Waals surface area contributed by atoms with Crippen LogP contribution in [0, 0.1) is 11.7 Å². The Labute approximate surface area is 139 Å². The van der Waals surface area contributed by atoms with Crippen molar-refractivity contribution in [2.75, 3.05) is 6.54 Å². The third-order valence-electron chi connectivity index (χ3n) is 3.99. The molecule has 0 aliphatic carbocycles. The van der Waals surface area contributed by atoms with Gasteiger partial charge in [-0.1, -0.05) is 23.7 Å². The summed E-state index contributed by atoms with van der Waals surface area (Å²) in [5.41, 5.74) is 0.320. The number of nitrogens with one attached hydrogen (secondary N) is 1. The molecule has 1 heterocycles. The minimum absolute atomic E-state index is 0. The van der Waals surface area contributed by atoms with Crippen LogP contribution >= 0.6 is 24.0 Å². The van der Waals surface area contributed by atoms with Crippen molar-refractivity contribution in [2.45, 2.75) is 30.8 Å². The van der Waals surface area contributed by atoms with Gasteiger partial charge in [0.25, 0.3) is 0 Å². The van der Waals surface area contributed by atoms with Gasteiger partial charge in [-0.3, -0.25) is 0 Å². The molecular formula is C13H18Cl2F2N2O2S. The second kappa shape index (κ2) is 7.40. The fourth-order valence-corrected chi connectivity index (χ4v) is 3.77. The lowest BCUT2D eigenvalue weighted by Gasteiger charge is -2.25. The molecule has 0 amide bonds. The first kappa shape index (κ1) is 19.6. The van der Waals surface area contributed by atoms with Gasteiger partial charge >= 0.3 is 0 Å². The summed E-state index contributed by atoms with van der Waals surface area (Å²) >= 11 is 5.71. The lowest BCUT2D eigenvalue weighted by atomic mass is 9.91. The van der Waals surface area contributed by atoms with Gasteiger partial charge in [-0.05, 0) is 25.0 Å². The molecule has 2 rings (SSSR count). The predicted octanol–water partition coefficient (Wildman–Crippen LogP) is 2.05. The Morgan fingerprint density at radius 2 is 2.14 bits per heavy atom. The van der Waals surface area contributed by atoms with Crippen molar-refractivity contribution < 1.29 is 17.2 Å². The Kier molecular flexibility index (Phi) is 6.58. The fourth-order valence-electron chi connectivity index (χ4n) is 2.78. The van der Waals surface area contributed by atoms with E-state index in [1.54, 1.807) is 12.1 Å². The van der Waals surface area contributed by atoms with E-state index in [9.17, 15) is 17.2 Å². The van der Waals surface area contributed by atoms with Crippen LogP contribution in [0.4, 0.5) is 8.78 Å². The summed E-state index contributed by atoms with van der Waals surface area (Å²) in [7, 11) is -3.86. The van der Waals surface area contributed by atoms with E-state index in [2.05, 4.69) is 5.32 Å². The minimum Gasteiger partial charge on any atom is -0.310 e. The third kappa shape index (κ3) is 4.08. The number of sulfonamides is 1. The van der Waals surface area contributed by atoms with Gasteiger partial charge in [0.15, 0.2) is 0 Å². The monoisotopic (exact) mass is 374 g/mol. The highest BCUT2D eigenvalue weighted by Gasteiger charge is 2.43. The molecule has 1 aromatic carbocycles. The minimum atomic E-state index is -3.86. The largest absolute Gasteiger partial charge is 0.310 e. The smallest absolute Gasteiger partial charge is 0.212 e. The molecule has 0 radical (unpaired) electrons. The SMILES string of the molecule is CC([C@H]1[C@H](F)CN[C@H]1Cc1cccc(Cl)c1F)S(N)(=O)=O.Cl. The zero-order valence-electron chi connectivity index (χ0n) is 11.8. The van der Waals surface area contributed by atoms with Crippen LogP contribution in [0.1, 0.15) is 12.5 Å². The quantitative estimate of drug-likeness (QED) is 0.846. The van der Waals surface area contributed by atoms with Crippen molar-refractivity contribution >= 4 is 34.0 Å². The third-order valence-corrected chi connectivity index (χ3v) is 5.63. The van der Waals surface area contributed by atoms with E-state index < -0.39 is 39.2 Å². The predicted molar refractivity (Wildman–Crippen MR) is 85.1 cm³/mol. The summed E-state index contributed by atoms with van der Waals surface area (Å²) in [5, 5.41) is 6.95. The van der Waals surface area contributed by atoms with Crippen molar-refractivity contribution in [1.82, 2.24) is 5.32 Å². The molecule has 4 nitrogen and oxygen atoms in total. The summed E-state index contributed by atoms with van der Waals surface area (Å²) < 4.78 is 50.9. The van der Waals surface area contributed by atoms with Crippen molar-refractivity contribution in [2.24, 2.45) is 11.1 Å². The highest BCUT2D eigenvalue weighted by atomic mass is 35.5. The number of benzene rings is 1. The second-order valence-electron chi connectivity index (χ2n) is 5.32. The molecule has 0 aromatic heterocycles. The van der Waals surface area contributed by atoms with Crippen molar-refractivity contribution in [1.29, 1.82) is 0 Å². The summed E-state index contributed by atoms with van der Waals surface area (Å²) in [6, 6.07) is 4.06. The zero-order valence-corrected chi connectivity index (χ0v) is 14.2. The van der Waals surface area contributed by atoms with E-state index in [1.807, 2.05) is 0 Å². The number of halogens is 4. The van der Waals surface area contributed by atoms with Gasteiger partial charge in [0.1, 0.15) is 12.0 Å². The number of alkyl halides is 1. The Bertz CT molecular complexity index is 630. The standard InChI is InChI=1S/C13H17ClF2N2O2S.ClH/c1-7(21(17,19)20)12-10(15)6-18-11(12)5-8-3-2-4-9(14)13(8)16;/h2-4,7,10-12,18H,5-6H2,1H3,(H2,17,19,20);1H/t7?,10-,11+,12+;/m1./s1. The highest BCUT2D eigenvalue weighted by molar-refractivity contribution is 7.89. The molecule has 0 bridgehead atoms. The molecule has 3 N–H and O–H groups in total. The number of hydrogen-bond acceptors (Lipinski definition) is 3. The first-order valence-electron chi connectivity index (χ1n) is 6.53. The maximum absolute atomic E-state index is 14.0. The first-order chi connectivity index (χ1) is 9.71. The molecule has 22 heavy (non-hydrogen) atoms. The molecule has 0 saturated carbocycles. The van der Waals surface area contributed by atoms with Gasteiger partial charge in [-0.2, -0.15) is 0 Å². The molecular weight excluding hydrogens is 357 g/mol. The first-order valence-corrected chi connectivity index (χ1v) is 8.52.